The zero-order valence-electron chi connectivity index (χ0n) is 34.0. The Morgan fingerprint density at radius 1 is 0.420 bits per heavy atom. The van der Waals surface area contributed by atoms with Crippen LogP contribution < -0.4 is 5.73 Å². The molecule has 0 aromatic heterocycles. The Balaban J connectivity index is 3.76. The van der Waals surface area contributed by atoms with E-state index in [1.54, 1.807) is 0 Å². The van der Waals surface area contributed by atoms with E-state index in [2.05, 4.69) is 13.8 Å². The number of primary amides is 1. The lowest BCUT2D eigenvalue weighted by Crippen LogP contribution is -2.44. The highest BCUT2D eigenvalue weighted by Crippen LogP contribution is 2.26. The Bertz CT molecular complexity index is 673. The van der Waals surface area contributed by atoms with Crippen LogP contribution in [0.15, 0.2) is 0 Å². The first-order valence-corrected chi connectivity index (χ1v) is 22.8. The molecule has 1 unspecified atom stereocenters. The first kappa shape index (κ1) is 49.4. The third-order valence-electron chi connectivity index (χ3n) is 11.4. The quantitative estimate of drug-likeness (QED) is 0.0474. The van der Waals surface area contributed by atoms with Crippen LogP contribution in [0.5, 0.6) is 0 Å². The van der Waals surface area contributed by atoms with Gasteiger partial charge >= 0.3 is 0 Å². The smallest absolute Gasteiger partial charge is 0.221 e. The summed E-state index contributed by atoms with van der Waals surface area (Å²) in [7, 11) is 0. The molecule has 300 valence electrons. The second kappa shape index (κ2) is 39.6. The van der Waals surface area contributed by atoms with Gasteiger partial charge < -0.3 is 21.1 Å². The van der Waals surface area contributed by atoms with Gasteiger partial charge in [0.05, 0.1) is 12.2 Å². The molecule has 0 aromatic carbocycles. The summed E-state index contributed by atoms with van der Waals surface area (Å²) in [5.74, 6) is -1.76. The monoisotopic (exact) mass is 710 g/mol. The normalized spacial score (nSPS) is 14.2. The Labute approximate surface area is 313 Å². The van der Waals surface area contributed by atoms with E-state index in [1.165, 1.54) is 186 Å². The maximum Gasteiger partial charge on any atom is 0.221 e. The fourth-order valence-electron chi connectivity index (χ4n) is 7.84. The summed E-state index contributed by atoms with van der Waals surface area (Å²) in [5, 5.41) is 31.5. The lowest BCUT2D eigenvalue weighted by molar-refractivity contribution is -0.129. The molecule has 5 nitrogen and oxygen atoms in total. The number of carbonyl (C=O) groups is 1. The molecule has 1 amide bonds. The number of amides is 1. The topological polar surface area (TPSA) is 104 Å². The summed E-state index contributed by atoms with van der Waals surface area (Å²) >= 11 is 0. The van der Waals surface area contributed by atoms with Crippen molar-refractivity contribution in [3.05, 3.63) is 0 Å². The first-order chi connectivity index (χ1) is 24.5. The molecule has 5 N–H and O–H groups in total. The van der Waals surface area contributed by atoms with Crippen LogP contribution in [0.3, 0.4) is 0 Å². The Hall–Kier alpha value is -0.650. The van der Waals surface area contributed by atoms with E-state index in [-0.39, 0.29) is 6.61 Å². The standard InChI is InChI=1S/C45H91NO4/c1-3-5-7-9-11-13-15-17-18-19-20-21-22-23-24-25-26-27-28-30-32-34-36-38-41(45(46)50)42(40-47)44(49)43(48)39-37-35-33-31-29-16-14-12-10-8-6-4-2/h41-44,47-49H,3-40H2,1-2H3,(H2,46,50)/t41?,42-,43-,44+/m1/s1. The third kappa shape index (κ3) is 32.0. The molecule has 0 aliphatic rings. The average molecular weight is 710 g/mol. The van der Waals surface area contributed by atoms with E-state index < -0.39 is 30.0 Å². The van der Waals surface area contributed by atoms with Crippen LogP contribution in [0.25, 0.3) is 0 Å². The van der Waals surface area contributed by atoms with E-state index in [4.69, 9.17) is 5.73 Å². The van der Waals surface area contributed by atoms with Gasteiger partial charge in [0.15, 0.2) is 0 Å². The molecule has 4 atom stereocenters. The van der Waals surface area contributed by atoms with Gasteiger partial charge in [0.1, 0.15) is 0 Å². The molecule has 0 heterocycles. The second-order valence-corrected chi connectivity index (χ2v) is 16.2. The Morgan fingerprint density at radius 2 is 0.660 bits per heavy atom. The second-order valence-electron chi connectivity index (χ2n) is 16.2. The Morgan fingerprint density at radius 3 is 0.900 bits per heavy atom. The van der Waals surface area contributed by atoms with Crippen molar-refractivity contribution in [3.63, 3.8) is 0 Å². The van der Waals surface area contributed by atoms with Gasteiger partial charge in [0, 0.05) is 18.4 Å². The van der Waals surface area contributed by atoms with Crippen LogP contribution in [-0.4, -0.2) is 40.0 Å². The van der Waals surface area contributed by atoms with Crippen molar-refractivity contribution < 1.29 is 20.1 Å². The number of aliphatic hydroxyl groups is 3. The van der Waals surface area contributed by atoms with Crippen molar-refractivity contribution >= 4 is 5.91 Å². The highest BCUT2D eigenvalue weighted by molar-refractivity contribution is 5.77. The van der Waals surface area contributed by atoms with Gasteiger partial charge in [0.25, 0.3) is 0 Å². The minimum atomic E-state index is -1.12. The van der Waals surface area contributed by atoms with E-state index in [9.17, 15) is 20.1 Å². The van der Waals surface area contributed by atoms with Crippen molar-refractivity contribution in [1.29, 1.82) is 0 Å². The van der Waals surface area contributed by atoms with Crippen LogP contribution in [0, 0.1) is 11.8 Å². The molecule has 0 radical (unpaired) electrons. The summed E-state index contributed by atoms with van der Waals surface area (Å²) in [5.41, 5.74) is 5.72. The molecule has 0 saturated heterocycles. The van der Waals surface area contributed by atoms with Gasteiger partial charge in [0.2, 0.25) is 5.91 Å². The van der Waals surface area contributed by atoms with Crippen LogP contribution in [0.4, 0.5) is 0 Å². The molecule has 0 aliphatic heterocycles. The highest BCUT2D eigenvalue weighted by Gasteiger charge is 2.35. The number of rotatable bonds is 42. The SMILES string of the molecule is CCCCCCCCCCCCCCCCCCCCCCCCCC(C(N)=O)[C@@H](CO)[C@H](O)[C@H](O)CCCCCCCCCCCCCC. The van der Waals surface area contributed by atoms with Crippen molar-refractivity contribution in [2.45, 2.75) is 264 Å². The van der Waals surface area contributed by atoms with E-state index >= 15 is 0 Å². The van der Waals surface area contributed by atoms with Gasteiger partial charge in [-0.3, -0.25) is 4.79 Å². The fraction of sp³-hybridized carbons (Fsp3) is 0.978. The Kier molecular flexibility index (Phi) is 39.0. The summed E-state index contributed by atoms with van der Waals surface area (Å²) in [4.78, 5) is 12.3. The van der Waals surface area contributed by atoms with Crippen LogP contribution in [-0.2, 0) is 4.79 Å². The molecule has 0 bridgehead atoms. The van der Waals surface area contributed by atoms with Gasteiger partial charge in [-0.1, -0.05) is 239 Å². The fourth-order valence-corrected chi connectivity index (χ4v) is 7.84. The predicted molar refractivity (Wildman–Crippen MR) is 217 cm³/mol. The summed E-state index contributed by atoms with van der Waals surface area (Å²) < 4.78 is 0. The molecule has 50 heavy (non-hydrogen) atoms. The lowest BCUT2D eigenvalue weighted by atomic mass is 9.81. The number of aliphatic hydroxyl groups excluding tert-OH is 3. The van der Waals surface area contributed by atoms with Crippen LogP contribution in [0.1, 0.15) is 251 Å². The third-order valence-corrected chi connectivity index (χ3v) is 11.4. The summed E-state index contributed by atoms with van der Waals surface area (Å²) in [6.45, 7) is 4.22. The first-order valence-electron chi connectivity index (χ1n) is 22.8. The minimum absolute atomic E-state index is 0.330. The number of unbranched alkanes of at least 4 members (excludes halogenated alkanes) is 33. The van der Waals surface area contributed by atoms with E-state index in [0.717, 1.165) is 38.5 Å². The summed E-state index contributed by atoms with van der Waals surface area (Å²) in [6.07, 6.45) is 45.0. The van der Waals surface area contributed by atoms with Gasteiger partial charge in [-0.25, -0.2) is 0 Å². The zero-order chi connectivity index (χ0) is 36.8. The average Bonchev–Trinajstić information content (AvgIpc) is 3.11. The van der Waals surface area contributed by atoms with E-state index in [0.29, 0.717) is 12.8 Å². The van der Waals surface area contributed by atoms with Gasteiger partial charge in [-0.2, -0.15) is 0 Å². The molecular weight excluding hydrogens is 618 g/mol. The number of hydrogen-bond donors (Lipinski definition) is 4. The highest BCUT2D eigenvalue weighted by atomic mass is 16.3. The van der Waals surface area contributed by atoms with Crippen LogP contribution >= 0.6 is 0 Å². The largest absolute Gasteiger partial charge is 0.396 e. The predicted octanol–water partition coefficient (Wildman–Crippen LogP) is 12.9. The molecule has 0 saturated carbocycles. The molecule has 5 heteroatoms. The summed E-state index contributed by atoms with van der Waals surface area (Å²) in [6, 6.07) is 0. The van der Waals surface area contributed by atoms with Crippen LogP contribution in [0.2, 0.25) is 0 Å². The van der Waals surface area contributed by atoms with Crippen molar-refractivity contribution in [1.82, 2.24) is 0 Å². The molecule has 0 aromatic rings. The maximum absolute atomic E-state index is 12.3. The minimum Gasteiger partial charge on any atom is -0.396 e. The molecule has 0 fully saturated rings. The van der Waals surface area contributed by atoms with Crippen molar-refractivity contribution in [2.24, 2.45) is 17.6 Å². The van der Waals surface area contributed by atoms with E-state index in [1.807, 2.05) is 0 Å². The lowest BCUT2D eigenvalue weighted by Gasteiger charge is -2.30. The molecular formula is C45H91NO4. The number of carbonyl (C=O) groups excluding carboxylic acids is 1. The van der Waals surface area contributed by atoms with Gasteiger partial charge in [-0.05, 0) is 12.8 Å². The molecule has 0 spiro atoms. The van der Waals surface area contributed by atoms with Crippen molar-refractivity contribution in [3.8, 4) is 0 Å². The van der Waals surface area contributed by atoms with Crippen molar-refractivity contribution in [2.75, 3.05) is 6.61 Å². The number of hydrogen-bond acceptors (Lipinski definition) is 4. The maximum atomic E-state index is 12.3. The zero-order valence-corrected chi connectivity index (χ0v) is 34.0. The number of nitrogens with two attached hydrogens (primary N) is 1. The van der Waals surface area contributed by atoms with Gasteiger partial charge in [-0.15, -0.1) is 0 Å². The molecule has 0 rings (SSSR count). The molecule has 0 aliphatic carbocycles.